The predicted molar refractivity (Wildman–Crippen MR) is 71.4 cm³/mol. The molecule has 1 aromatic rings. The number of nitrogens with two attached hydrogens (primary N) is 1. The number of nitrogen functional groups attached to an aromatic ring is 1. The van der Waals surface area contributed by atoms with E-state index < -0.39 is 17.8 Å². The molecular formula is C12H9BrN2O4. The molecule has 2 rings (SSSR count). The number of benzene rings is 1. The lowest BCUT2D eigenvalue weighted by atomic mass is 10.0. The summed E-state index contributed by atoms with van der Waals surface area (Å²) in [6.45, 7) is 0. The third-order valence-electron chi connectivity index (χ3n) is 2.63. The molecular weight excluding hydrogens is 316 g/mol. The number of esters is 1. The zero-order valence-electron chi connectivity index (χ0n) is 9.82. The number of halogens is 1. The Kier molecular flexibility index (Phi) is 3.39. The van der Waals surface area contributed by atoms with E-state index >= 15 is 0 Å². The zero-order chi connectivity index (χ0) is 14.2. The highest BCUT2D eigenvalue weighted by Gasteiger charge is 2.32. The van der Waals surface area contributed by atoms with E-state index in [-0.39, 0.29) is 16.8 Å². The predicted octanol–water partition coefficient (Wildman–Crippen LogP) is 1.10. The van der Waals surface area contributed by atoms with Gasteiger partial charge in [0.2, 0.25) is 0 Å². The Balaban J connectivity index is 2.56. The fourth-order valence-electron chi connectivity index (χ4n) is 1.73. The lowest BCUT2D eigenvalue weighted by Crippen LogP contribution is -2.20. The van der Waals surface area contributed by atoms with Crippen LogP contribution in [-0.4, -0.2) is 24.9 Å². The molecule has 19 heavy (non-hydrogen) atoms. The molecule has 0 fully saturated rings. The molecule has 3 N–H and O–H groups in total. The van der Waals surface area contributed by atoms with Crippen molar-refractivity contribution in [3.63, 3.8) is 0 Å². The van der Waals surface area contributed by atoms with Crippen LogP contribution in [0.4, 0.5) is 5.69 Å². The normalized spacial score (nSPS) is 13.6. The fraction of sp³-hybridized carbons (Fsp3) is 0.0833. The Labute approximate surface area is 116 Å². The average molecular weight is 325 g/mol. The van der Waals surface area contributed by atoms with Crippen molar-refractivity contribution in [2.75, 3.05) is 12.8 Å². The minimum absolute atomic E-state index is 0.115. The largest absolute Gasteiger partial charge is 0.466 e. The summed E-state index contributed by atoms with van der Waals surface area (Å²) in [5.41, 5.74) is 6.75. The number of rotatable bonds is 2. The number of ether oxygens (including phenoxy) is 1. The number of nitrogens with one attached hydrogen (secondary N) is 1. The van der Waals surface area contributed by atoms with Crippen LogP contribution in [0.3, 0.4) is 0 Å². The monoisotopic (exact) mass is 324 g/mol. The van der Waals surface area contributed by atoms with Crippen LogP contribution in [-0.2, 0) is 9.53 Å². The van der Waals surface area contributed by atoms with E-state index in [4.69, 9.17) is 5.73 Å². The number of carbonyl (C=O) groups is 3. The van der Waals surface area contributed by atoms with Crippen molar-refractivity contribution in [3.8, 4) is 0 Å². The molecule has 7 heteroatoms. The number of anilines is 1. The third kappa shape index (κ3) is 2.24. The first-order valence-electron chi connectivity index (χ1n) is 5.19. The Morgan fingerprint density at radius 1 is 1.37 bits per heavy atom. The summed E-state index contributed by atoms with van der Waals surface area (Å²) in [4.78, 5) is 34.2. The molecule has 1 aromatic carbocycles. The van der Waals surface area contributed by atoms with Gasteiger partial charge in [-0.05, 0) is 33.6 Å². The summed E-state index contributed by atoms with van der Waals surface area (Å²) in [6, 6.07) is 1.56. The number of fused-ring (bicyclic) bond motifs is 1. The smallest absolute Gasteiger partial charge is 0.330 e. The molecule has 0 unspecified atom stereocenters. The Bertz CT molecular complexity index is 637. The maximum absolute atomic E-state index is 11.6. The van der Waals surface area contributed by atoms with Crippen molar-refractivity contribution in [2.45, 2.75) is 0 Å². The third-order valence-corrected chi connectivity index (χ3v) is 3.26. The van der Waals surface area contributed by atoms with Crippen molar-refractivity contribution >= 4 is 45.5 Å². The molecule has 1 aliphatic heterocycles. The maximum Gasteiger partial charge on any atom is 0.330 e. The van der Waals surface area contributed by atoms with Crippen LogP contribution in [0.2, 0.25) is 0 Å². The van der Waals surface area contributed by atoms with Crippen molar-refractivity contribution < 1.29 is 19.1 Å². The lowest BCUT2D eigenvalue weighted by Gasteiger charge is -2.07. The van der Waals surface area contributed by atoms with Crippen LogP contribution < -0.4 is 11.1 Å². The van der Waals surface area contributed by atoms with Gasteiger partial charge in [-0.25, -0.2) is 4.79 Å². The second kappa shape index (κ2) is 4.85. The van der Waals surface area contributed by atoms with E-state index in [1.807, 2.05) is 0 Å². The average Bonchev–Trinajstić information content (AvgIpc) is 2.67. The quantitative estimate of drug-likeness (QED) is 0.367. The SMILES string of the molecule is COC(=O)C=Cc1cc(Br)c2c(c1N)C(=O)NC2=O. The van der Waals surface area contributed by atoms with Crippen LogP contribution in [0.5, 0.6) is 0 Å². The number of methoxy groups -OCH3 is 1. The van der Waals surface area contributed by atoms with Gasteiger partial charge in [0.05, 0.1) is 23.9 Å². The van der Waals surface area contributed by atoms with Crippen LogP contribution in [0, 0.1) is 0 Å². The number of imide groups is 1. The maximum atomic E-state index is 11.6. The summed E-state index contributed by atoms with van der Waals surface area (Å²) in [6.07, 6.45) is 2.60. The minimum atomic E-state index is -0.550. The summed E-state index contributed by atoms with van der Waals surface area (Å²) in [5, 5.41) is 2.16. The lowest BCUT2D eigenvalue weighted by molar-refractivity contribution is -0.134. The highest BCUT2D eigenvalue weighted by Crippen LogP contribution is 2.33. The van der Waals surface area contributed by atoms with Crippen molar-refractivity contribution in [1.29, 1.82) is 0 Å². The Morgan fingerprint density at radius 2 is 2.00 bits per heavy atom. The molecule has 0 saturated heterocycles. The van der Waals surface area contributed by atoms with Crippen LogP contribution in [0.25, 0.3) is 6.08 Å². The molecule has 1 heterocycles. The molecule has 0 atom stereocenters. The van der Waals surface area contributed by atoms with Gasteiger partial charge < -0.3 is 10.5 Å². The van der Waals surface area contributed by atoms with Gasteiger partial charge in [0, 0.05) is 10.5 Å². The number of hydrogen-bond acceptors (Lipinski definition) is 5. The highest BCUT2D eigenvalue weighted by molar-refractivity contribution is 9.10. The number of hydrogen-bond donors (Lipinski definition) is 2. The van der Waals surface area contributed by atoms with Crippen molar-refractivity contribution in [2.24, 2.45) is 0 Å². The molecule has 0 spiro atoms. The minimum Gasteiger partial charge on any atom is -0.466 e. The van der Waals surface area contributed by atoms with Gasteiger partial charge >= 0.3 is 5.97 Å². The van der Waals surface area contributed by atoms with Gasteiger partial charge in [0.1, 0.15) is 0 Å². The first-order valence-corrected chi connectivity index (χ1v) is 5.98. The van der Waals surface area contributed by atoms with E-state index in [0.29, 0.717) is 10.0 Å². The highest BCUT2D eigenvalue weighted by atomic mass is 79.9. The molecule has 0 aromatic heterocycles. The van der Waals surface area contributed by atoms with Gasteiger partial charge in [-0.15, -0.1) is 0 Å². The molecule has 2 amide bonds. The van der Waals surface area contributed by atoms with E-state index in [1.54, 1.807) is 6.07 Å². The van der Waals surface area contributed by atoms with Gasteiger partial charge in [-0.2, -0.15) is 0 Å². The van der Waals surface area contributed by atoms with Crippen LogP contribution in [0.15, 0.2) is 16.6 Å². The first kappa shape index (κ1) is 13.3. The number of carbonyl (C=O) groups excluding carboxylic acids is 3. The summed E-state index contributed by atoms with van der Waals surface area (Å²) in [5.74, 6) is -1.59. The van der Waals surface area contributed by atoms with E-state index in [2.05, 4.69) is 26.0 Å². The molecule has 0 aliphatic carbocycles. The number of amides is 2. The molecule has 0 radical (unpaired) electrons. The standard InChI is InChI=1S/C12H9BrN2O4/c1-19-7(16)3-2-5-4-6(13)8-9(10(5)14)12(18)15-11(8)17/h2-4H,14H2,1H3,(H,15,17,18). The molecule has 0 saturated carbocycles. The molecule has 0 bridgehead atoms. The fourth-order valence-corrected chi connectivity index (χ4v) is 2.36. The van der Waals surface area contributed by atoms with Crippen molar-refractivity contribution in [3.05, 3.63) is 33.3 Å². The Morgan fingerprint density at radius 3 is 2.63 bits per heavy atom. The van der Waals surface area contributed by atoms with E-state index in [9.17, 15) is 14.4 Å². The van der Waals surface area contributed by atoms with Gasteiger partial charge in [0.25, 0.3) is 11.8 Å². The van der Waals surface area contributed by atoms with E-state index in [1.165, 1.54) is 19.3 Å². The summed E-state index contributed by atoms with van der Waals surface area (Å²) < 4.78 is 4.90. The van der Waals surface area contributed by atoms with Crippen molar-refractivity contribution in [1.82, 2.24) is 5.32 Å². The molecule has 6 nitrogen and oxygen atoms in total. The van der Waals surface area contributed by atoms with Gasteiger partial charge in [-0.1, -0.05) is 0 Å². The topological polar surface area (TPSA) is 98.5 Å². The van der Waals surface area contributed by atoms with Gasteiger partial charge in [0.15, 0.2) is 0 Å². The Hall–Kier alpha value is -2.15. The second-order valence-electron chi connectivity index (χ2n) is 3.75. The second-order valence-corrected chi connectivity index (χ2v) is 4.61. The van der Waals surface area contributed by atoms with Crippen LogP contribution >= 0.6 is 15.9 Å². The summed E-state index contributed by atoms with van der Waals surface area (Å²) >= 11 is 3.21. The summed E-state index contributed by atoms with van der Waals surface area (Å²) in [7, 11) is 1.25. The van der Waals surface area contributed by atoms with E-state index in [0.717, 1.165) is 0 Å². The first-order chi connectivity index (χ1) is 8.95. The van der Waals surface area contributed by atoms with Gasteiger partial charge in [-0.3, -0.25) is 14.9 Å². The molecule has 98 valence electrons. The zero-order valence-corrected chi connectivity index (χ0v) is 11.4. The van der Waals surface area contributed by atoms with Crippen LogP contribution in [0.1, 0.15) is 26.3 Å². The molecule has 1 aliphatic rings.